The van der Waals surface area contributed by atoms with Gasteiger partial charge in [0.05, 0.1) is 17.0 Å². The molecule has 0 radical (unpaired) electrons. The van der Waals surface area contributed by atoms with Gasteiger partial charge in [-0.15, -0.1) is 5.10 Å². The van der Waals surface area contributed by atoms with Gasteiger partial charge in [-0.2, -0.15) is 17.9 Å². The summed E-state index contributed by atoms with van der Waals surface area (Å²) < 4.78 is 39.4. The number of aromatic nitrogens is 5. The molecule has 30 heavy (non-hydrogen) atoms. The van der Waals surface area contributed by atoms with E-state index >= 15 is 0 Å². The molecule has 2 aromatic heterocycles. The van der Waals surface area contributed by atoms with Gasteiger partial charge in [0.2, 0.25) is 5.91 Å². The van der Waals surface area contributed by atoms with Gasteiger partial charge in [-0.25, -0.2) is 9.97 Å². The molecule has 0 aliphatic carbocycles. The third kappa shape index (κ3) is 4.25. The van der Waals surface area contributed by atoms with Crippen molar-refractivity contribution in [2.24, 2.45) is 0 Å². The van der Waals surface area contributed by atoms with Crippen LogP contribution in [-0.4, -0.2) is 36.6 Å². The van der Waals surface area contributed by atoms with Crippen LogP contribution in [0.4, 0.5) is 18.9 Å². The number of nitrogens with zero attached hydrogens (tertiary/aromatic N) is 5. The van der Waals surface area contributed by atoms with Crippen molar-refractivity contribution in [3.05, 3.63) is 66.5 Å². The Labute approximate surface area is 172 Å². The predicted octanol–water partition coefficient (Wildman–Crippen LogP) is 3.96. The third-order valence-corrected chi connectivity index (χ3v) is 5.02. The predicted molar refractivity (Wildman–Crippen MR) is 105 cm³/mol. The molecule has 11 heteroatoms. The minimum atomic E-state index is -4.42. The zero-order chi connectivity index (χ0) is 21.1. The average molecular weight is 430 g/mol. The van der Waals surface area contributed by atoms with E-state index in [-0.39, 0.29) is 17.3 Å². The number of carbonyl (C=O) groups excluding carboxylic acids is 1. The van der Waals surface area contributed by atoms with Crippen LogP contribution in [0, 0.1) is 0 Å². The highest BCUT2D eigenvalue weighted by Crippen LogP contribution is 2.30. The van der Waals surface area contributed by atoms with Crippen molar-refractivity contribution in [3.8, 4) is 5.69 Å². The topological polar surface area (TPSA) is 85.6 Å². The summed E-state index contributed by atoms with van der Waals surface area (Å²) in [4.78, 5) is 20.6. The molecule has 0 bridgehead atoms. The second-order valence-electron chi connectivity index (χ2n) is 6.10. The molecule has 0 aliphatic heterocycles. The van der Waals surface area contributed by atoms with Crippen LogP contribution in [0.2, 0.25) is 0 Å². The van der Waals surface area contributed by atoms with Crippen molar-refractivity contribution in [1.29, 1.82) is 0 Å². The van der Waals surface area contributed by atoms with E-state index in [1.165, 1.54) is 18.5 Å². The second-order valence-corrected chi connectivity index (χ2v) is 7.06. The molecule has 0 saturated carbocycles. The van der Waals surface area contributed by atoms with Gasteiger partial charge in [0.15, 0.2) is 11.2 Å². The molecule has 0 saturated heterocycles. The van der Waals surface area contributed by atoms with Crippen LogP contribution < -0.4 is 5.32 Å². The highest BCUT2D eigenvalue weighted by Gasteiger charge is 2.30. The van der Waals surface area contributed by atoms with Crippen molar-refractivity contribution in [2.45, 2.75) is 11.2 Å². The molecule has 0 aliphatic rings. The number of benzene rings is 2. The fourth-order valence-corrected chi connectivity index (χ4v) is 3.38. The molecule has 4 aromatic rings. The summed E-state index contributed by atoms with van der Waals surface area (Å²) in [6.07, 6.45) is -3.06. The summed E-state index contributed by atoms with van der Waals surface area (Å²) in [7, 11) is 0. The average Bonchev–Trinajstić information content (AvgIpc) is 3.17. The van der Waals surface area contributed by atoms with Gasteiger partial charge in [-0.3, -0.25) is 4.79 Å². The first-order valence-electron chi connectivity index (χ1n) is 8.63. The Kier molecular flexibility index (Phi) is 5.36. The molecule has 7 nitrogen and oxygen atoms in total. The number of fused-ring (bicyclic) bond motifs is 1. The smallest absolute Gasteiger partial charge is 0.325 e. The number of thioether (sulfide) groups is 1. The number of nitrogens with one attached hydrogen (secondary N) is 1. The van der Waals surface area contributed by atoms with Crippen LogP contribution in [0.5, 0.6) is 0 Å². The lowest BCUT2D eigenvalue weighted by molar-refractivity contribution is -0.137. The number of para-hydroxylation sites is 1. The van der Waals surface area contributed by atoms with Gasteiger partial charge in [-0.1, -0.05) is 35.2 Å². The van der Waals surface area contributed by atoms with Crippen molar-refractivity contribution in [2.75, 3.05) is 11.1 Å². The Morgan fingerprint density at radius 3 is 2.47 bits per heavy atom. The summed E-state index contributed by atoms with van der Waals surface area (Å²) in [6, 6.07) is 13.6. The number of anilines is 1. The van der Waals surface area contributed by atoms with Crippen molar-refractivity contribution in [1.82, 2.24) is 25.0 Å². The lowest BCUT2D eigenvalue weighted by atomic mass is 10.2. The SMILES string of the molecule is O=C(CSc1ncnc2c1nnn2-c1ccccc1)Nc1ccc(C(F)(F)F)cc1. The Morgan fingerprint density at radius 1 is 1.03 bits per heavy atom. The number of amides is 1. The lowest BCUT2D eigenvalue weighted by Gasteiger charge is -2.08. The maximum Gasteiger partial charge on any atom is 0.416 e. The number of hydrogen-bond donors (Lipinski definition) is 1. The molecule has 0 atom stereocenters. The van der Waals surface area contributed by atoms with Crippen molar-refractivity contribution >= 4 is 34.5 Å². The quantitative estimate of drug-likeness (QED) is 0.381. The highest BCUT2D eigenvalue weighted by molar-refractivity contribution is 8.00. The minimum absolute atomic E-state index is 0.00860. The maximum absolute atomic E-state index is 12.6. The normalized spacial score (nSPS) is 11.6. The Balaban J connectivity index is 1.45. The molecule has 2 aromatic carbocycles. The van der Waals surface area contributed by atoms with Crippen molar-refractivity contribution < 1.29 is 18.0 Å². The number of hydrogen-bond acceptors (Lipinski definition) is 6. The first-order chi connectivity index (χ1) is 14.4. The molecular weight excluding hydrogens is 417 g/mol. The van der Waals surface area contributed by atoms with Crippen LogP contribution in [-0.2, 0) is 11.0 Å². The fraction of sp³-hybridized carbons (Fsp3) is 0.105. The Morgan fingerprint density at radius 2 is 1.77 bits per heavy atom. The molecule has 4 rings (SSSR count). The minimum Gasteiger partial charge on any atom is -0.325 e. The molecule has 0 unspecified atom stereocenters. The fourth-order valence-electron chi connectivity index (χ4n) is 2.65. The Hall–Kier alpha value is -3.47. The van der Waals surface area contributed by atoms with E-state index in [2.05, 4.69) is 25.6 Å². The van der Waals surface area contributed by atoms with E-state index in [0.717, 1.165) is 29.6 Å². The summed E-state index contributed by atoms with van der Waals surface area (Å²) in [5.74, 6) is -0.396. The highest BCUT2D eigenvalue weighted by atomic mass is 32.2. The van der Waals surface area contributed by atoms with Crippen LogP contribution in [0.25, 0.3) is 16.9 Å². The van der Waals surface area contributed by atoms with Crippen molar-refractivity contribution in [3.63, 3.8) is 0 Å². The summed E-state index contributed by atoms with van der Waals surface area (Å²) >= 11 is 1.13. The van der Waals surface area contributed by atoms with E-state index in [0.29, 0.717) is 16.2 Å². The van der Waals surface area contributed by atoms with E-state index < -0.39 is 11.7 Å². The number of rotatable bonds is 5. The van der Waals surface area contributed by atoms with Crippen LogP contribution in [0.3, 0.4) is 0 Å². The van der Waals surface area contributed by atoms with Gasteiger partial charge in [-0.05, 0) is 36.4 Å². The summed E-state index contributed by atoms with van der Waals surface area (Å²) in [5.41, 5.74) is 1.24. The van der Waals surface area contributed by atoms with Gasteiger partial charge in [0.1, 0.15) is 11.4 Å². The van der Waals surface area contributed by atoms with Crippen LogP contribution in [0.15, 0.2) is 66.0 Å². The molecule has 152 valence electrons. The zero-order valence-corrected chi connectivity index (χ0v) is 16.0. The summed E-state index contributed by atoms with van der Waals surface area (Å²) in [5, 5.41) is 11.3. The largest absolute Gasteiger partial charge is 0.416 e. The van der Waals surface area contributed by atoms with E-state index in [1.807, 2.05) is 30.3 Å². The van der Waals surface area contributed by atoms with Gasteiger partial charge >= 0.3 is 6.18 Å². The molecule has 1 amide bonds. The van der Waals surface area contributed by atoms with E-state index in [4.69, 9.17) is 0 Å². The van der Waals surface area contributed by atoms with Gasteiger partial charge in [0.25, 0.3) is 0 Å². The molecule has 0 fully saturated rings. The third-order valence-electron chi connectivity index (χ3n) is 4.04. The van der Waals surface area contributed by atoms with E-state index in [1.54, 1.807) is 4.68 Å². The second kappa shape index (κ2) is 8.11. The number of halogens is 3. The number of carbonyl (C=O) groups is 1. The summed E-state index contributed by atoms with van der Waals surface area (Å²) in [6.45, 7) is 0. The standard InChI is InChI=1S/C19H13F3N6OS/c20-19(21,22)12-6-8-13(9-7-12)25-15(29)10-30-18-16-17(23-11-24-18)28(27-26-16)14-4-2-1-3-5-14/h1-9,11H,10H2,(H,25,29). The molecular formula is C19H13F3N6OS. The Bertz CT molecular complexity index is 1180. The maximum atomic E-state index is 12.6. The molecule has 0 spiro atoms. The van der Waals surface area contributed by atoms with Gasteiger partial charge in [0, 0.05) is 5.69 Å². The van der Waals surface area contributed by atoms with Crippen LogP contribution >= 0.6 is 11.8 Å². The first kappa shape index (κ1) is 19.8. The monoisotopic (exact) mass is 430 g/mol. The molecule has 2 heterocycles. The van der Waals surface area contributed by atoms with Crippen LogP contribution in [0.1, 0.15) is 5.56 Å². The first-order valence-corrected chi connectivity index (χ1v) is 9.62. The van der Waals surface area contributed by atoms with E-state index in [9.17, 15) is 18.0 Å². The molecule has 1 N–H and O–H groups in total. The zero-order valence-electron chi connectivity index (χ0n) is 15.2. The lowest BCUT2D eigenvalue weighted by Crippen LogP contribution is -2.14. The number of alkyl halides is 3. The van der Waals surface area contributed by atoms with Gasteiger partial charge < -0.3 is 5.32 Å².